The average Bonchev–Trinajstić information content (AvgIpc) is 2.31. The van der Waals surface area contributed by atoms with Gasteiger partial charge in [0.15, 0.2) is 0 Å². The Morgan fingerprint density at radius 3 is 2.06 bits per heavy atom. The van der Waals surface area contributed by atoms with Crippen molar-refractivity contribution >= 4 is 0 Å². The molecule has 1 atom stereocenters. The molecule has 0 aliphatic carbocycles. The third-order valence-corrected chi connectivity index (χ3v) is 3.10. The van der Waals surface area contributed by atoms with Crippen LogP contribution in [0.2, 0.25) is 0 Å². The van der Waals surface area contributed by atoms with Gasteiger partial charge >= 0.3 is 0 Å². The standard InChI is InChI=1S/C16H28N2/c1-12(2)10-14-6-8-15(9-7-14)16(17-5)11-18-13(3)4/h6-9,12-13,16-18H,10-11H2,1-5H3. The first kappa shape index (κ1) is 15.2. The fourth-order valence-electron chi connectivity index (χ4n) is 2.10. The van der Waals surface area contributed by atoms with Gasteiger partial charge in [-0.25, -0.2) is 0 Å². The molecule has 2 N–H and O–H groups in total. The average molecular weight is 248 g/mol. The predicted octanol–water partition coefficient (Wildman–Crippen LogP) is 3.14. The summed E-state index contributed by atoms with van der Waals surface area (Å²) in [4.78, 5) is 0. The Balaban J connectivity index is 2.63. The maximum Gasteiger partial charge on any atom is 0.0444 e. The molecule has 0 spiro atoms. The number of nitrogens with one attached hydrogen (secondary N) is 2. The van der Waals surface area contributed by atoms with Gasteiger partial charge in [0.2, 0.25) is 0 Å². The minimum absolute atomic E-state index is 0.389. The van der Waals surface area contributed by atoms with Crippen LogP contribution in [0.25, 0.3) is 0 Å². The number of rotatable bonds is 7. The third-order valence-electron chi connectivity index (χ3n) is 3.10. The zero-order chi connectivity index (χ0) is 13.5. The summed E-state index contributed by atoms with van der Waals surface area (Å²) in [5.74, 6) is 0.721. The van der Waals surface area contributed by atoms with E-state index in [0.29, 0.717) is 12.1 Å². The predicted molar refractivity (Wildman–Crippen MR) is 79.9 cm³/mol. The molecule has 1 unspecified atom stereocenters. The van der Waals surface area contributed by atoms with E-state index in [9.17, 15) is 0 Å². The zero-order valence-corrected chi connectivity index (χ0v) is 12.5. The second kappa shape index (κ2) is 7.55. The van der Waals surface area contributed by atoms with Gasteiger partial charge in [-0.05, 0) is 30.5 Å². The summed E-state index contributed by atoms with van der Waals surface area (Å²) in [5.41, 5.74) is 2.79. The molecule has 0 saturated heterocycles. The number of hydrogen-bond donors (Lipinski definition) is 2. The Labute approximate surface area is 112 Å². The van der Waals surface area contributed by atoms with E-state index in [1.165, 1.54) is 11.1 Å². The van der Waals surface area contributed by atoms with E-state index >= 15 is 0 Å². The van der Waals surface area contributed by atoms with Crippen LogP contribution < -0.4 is 10.6 Å². The summed E-state index contributed by atoms with van der Waals surface area (Å²) in [6.45, 7) is 9.85. The van der Waals surface area contributed by atoms with Gasteiger partial charge in [-0.1, -0.05) is 52.0 Å². The first-order valence-corrected chi connectivity index (χ1v) is 7.02. The number of likely N-dealkylation sites (N-methyl/N-ethyl adjacent to an activating group) is 1. The summed E-state index contributed by atoms with van der Waals surface area (Å²) in [5, 5.41) is 6.85. The summed E-state index contributed by atoms with van der Waals surface area (Å²) in [7, 11) is 2.02. The lowest BCUT2D eigenvalue weighted by molar-refractivity contribution is 0.491. The van der Waals surface area contributed by atoms with Crippen LogP contribution in [0.15, 0.2) is 24.3 Å². The van der Waals surface area contributed by atoms with E-state index in [1.54, 1.807) is 0 Å². The Bertz CT molecular complexity index is 327. The fraction of sp³-hybridized carbons (Fsp3) is 0.625. The molecular weight excluding hydrogens is 220 g/mol. The highest BCUT2D eigenvalue weighted by Crippen LogP contribution is 2.15. The molecule has 1 rings (SSSR count). The van der Waals surface area contributed by atoms with Crippen molar-refractivity contribution in [1.29, 1.82) is 0 Å². The van der Waals surface area contributed by atoms with Gasteiger partial charge in [-0.2, -0.15) is 0 Å². The smallest absolute Gasteiger partial charge is 0.0444 e. The second-order valence-electron chi connectivity index (χ2n) is 5.74. The van der Waals surface area contributed by atoms with Gasteiger partial charge in [-0.15, -0.1) is 0 Å². The van der Waals surface area contributed by atoms with Crippen LogP contribution in [0.4, 0.5) is 0 Å². The summed E-state index contributed by atoms with van der Waals surface area (Å²) in [6, 6.07) is 9.94. The van der Waals surface area contributed by atoms with Crippen LogP contribution in [0.3, 0.4) is 0 Å². The highest BCUT2D eigenvalue weighted by Gasteiger charge is 2.09. The molecule has 0 saturated carbocycles. The normalized spacial score (nSPS) is 13.3. The maximum absolute atomic E-state index is 3.48. The van der Waals surface area contributed by atoms with Gasteiger partial charge in [0.05, 0.1) is 0 Å². The van der Waals surface area contributed by atoms with Crippen molar-refractivity contribution in [1.82, 2.24) is 10.6 Å². The third kappa shape index (κ3) is 5.19. The first-order chi connectivity index (χ1) is 8.52. The molecule has 1 aromatic carbocycles. The molecular formula is C16H28N2. The van der Waals surface area contributed by atoms with E-state index in [0.717, 1.165) is 18.9 Å². The van der Waals surface area contributed by atoms with E-state index in [2.05, 4.69) is 62.6 Å². The number of hydrogen-bond acceptors (Lipinski definition) is 2. The Morgan fingerprint density at radius 1 is 1.00 bits per heavy atom. The molecule has 2 nitrogen and oxygen atoms in total. The SMILES string of the molecule is CNC(CNC(C)C)c1ccc(CC(C)C)cc1. The Morgan fingerprint density at radius 2 is 1.61 bits per heavy atom. The van der Waals surface area contributed by atoms with Crippen molar-refractivity contribution in [2.24, 2.45) is 5.92 Å². The molecule has 1 aromatic rings. The Hall–Kier alpha value is -0.860. The molecule has 0 radical (unpaired) electrons. The molecule has 0 fully saturated rings. The van der Waals surface area contributed by atoms with Crippen molar-refractivity contribution in [3.8, 4) is 0 Å². The van der Waals surface area contributed by atoms with Crippen molar-refractivity contribution in [3.63, 3.8) is 0 Å². The van der Waals surface area contributed by atoms with Crippen LogP contribution in [0.5, 0.6) is 0 Å². The molecule has 102 valence electrons. The van der Waals surface area contributed by atoms with E-state index in [1.807, 2.05) is 7.05 Å². The topological polar surface area (TPSA) is 24.1 Å². The van der Waals surface area contributed by atoms with Crippen LogP contribution in [-0.4, -0.2) is 19.6 Å². The van der Waals surface area contributed by atoms with Gasteiger partial charge in [0.1, 0.15) is 0 Å². The fourth-order valence-corrected chi connectivity index (χ4v) is 2.10. The van der Waals surface area contributed by atoms with Crippen LogP contribution in [0, 0.1) is 5.92 Å². The summed E-state index contributed by atoms with van der Waals surface area (Å²) < 4.78 is 0. The van der Waals surface area contributed by atoms with Crippen LogP contribution >= 0.6 is 0 Å². The largest absolute Gasteiger partial charge is 0.313 e. The summed E-state index contributed by atoms with van der Waals surface area (Å²) in [6.07, 6.45) is 1.16. The summed E-state index contributed by atoms with van der Waals surface area (Å²) >= 11 is 0. The quantitative estimate of drug-likeness (QED) is 0.774. The van der Waals surface area contributed by atoms with Crippen molar-refractivity contribution in [2.75, 3.05) is 13.6 Å². The van der Waals surface area contributed by atoms with Crippen LogP contribution in [-0.2, 0) is 6.42 Å². The zero-order valence-electron chi connectivity index (χ0n) is 12.5. The second-order valence-corrected chi connectivity index (χ2v) is 5.74. The molecule has 0 amide bonds. The lowest BCUT2D eigenvalue weighted by atomic mass is 9.99. The molecule has 0 bridgehead atoms. The number of benzene rings is 1. The van der Waals surface area contributed by atoms with Gasteiger partial charge in [0.25, 0.3) is 0 Å². The molecule has 0 aliphatic rings. The molecule has 0 aliphatic heterocycles. The van der Waals surface area contributed by atoms with Gasteiger partial charge in [-0.3, -0.25) is 0 Å². The van der Waals surface area contributed by atoms with Crippen molar-refractivity contribution in [2.45, 2.75) is 46.2 Å². The lowest BCUT2D eigenvalue weighted by Gasteiger charge is -2.19. The van der Waals surface area contributed by atoms with E-state index < -0.39 is 0 Å². The Kier molecular flexibility index (Phi) is 6.37. The first-order valence-electron chi connectivity index (χ1n) is 7.02. The minimum atomic E-state index is 0.389. The monoisotopic (exact) mass is 248 g/mol. The lowest BCUT2D eigenvalue weighted by Crippen LogP contribution is -2.33. The highest BCUT2D eigenvalue weighted by atomic mass is 15.0. The maximum atomic E-state index is 3.48. The van der Waals surface area contributed by atoms with Gasteiger partial charge in [0, 0.05) is 18.6 Å². The molecule has 0 heterocycles. The van der Waals surface area contributed by atoms with Crippen molar-refractivity contribution in [3.05, 3.63) is 35.4 Å². The van der Waals surface area contributed by atoms with E-state index in [-0.39, 0.29) is 0 Å². The van der Waals surface area contributed by atoms with Gasteiger partial charge < -0.3 is 10.6 Å². The highest BCUT2D eigenvalue weighted by molar-refractivity contribution is 5.25. The van der Waals surface area contributed by atoms with Crippen LogP contribution in [0.1, 0.15) is 44.9 Å². The van der Waals surface area contributed by atoms with E-state index in [4.69, 9.17) is 0 Å². The minimum Gasteiger partial charge on any atom is -0.313 e. The van der Waals surface area contributed by atoms with Crippen molar-refractivity contribution < 1.29 is 0 Å². The molecule has 2 heteroatoms. The molecule has 18 heavy (non-hydrogen) atoms. The molecule has 0 aromatic heterocycles.